The molecule has 2 rings (SSSR count). The minimum Gasteiger partial charge on any atom is -0.489 e. The van der Waals surface area contributed by atoms with Crippen LogP contribution in [0.4, 0.5) is 10.1 Å². The van der Waals surface area contributed by atoms with Crippen molar-refractivity contribution in [3.8, 4) is 11.8 Å². The third-order valence-electron chi connectivity index (χ3n) is 2.81. The van der Waals surface area contributed by atoms with Crippen molar-refractivity contribution in [1.29, 1.82) is 5.26 Å². The summed E-state index contributed by atoms with van der Waals surface area (Å²) < 4.78 is 18.6. The number of hydrogen-bond acceptors (Lipinski definition) is 4. The second kappa shape index (κ2) is 5.92. The Labute approximate surface area is 120 Å². The number of carbonyl (C=O) groups is 1. The van der Waals surface area contributed by atoms with E-state index in [4.69, 9.17) is 20.8 Å². The smallest absolute Gasteiger partial charge is 0.337 e. The summed E-state index contributed by atoms with van der Waals surface area (Å²) in [7, 11) is 0. The molecule has 0 aliphatic heterocycles. The molecule has 21 heavy (non-hydrogen) atoms. The Morgan fingerprint density at radius 2 is 2.10 bits per heavy atom. The summed E-state index contributed by atoms with van der Waals surface area (Å²) in [6, 6.07) is 10.1. The normalized spacial score (nSPS) is 9.90. The summed E-state index contributed by atoms with van der Waals surface area (Å²) in [6.07, 6.45) is 0. The van der Waals surface area contributed by atoms with Crippen LogP contribution in [0.1, 0.15) is 21.5 Å². The number of rotatable bonds is 4. The predicted octanol–water partition coefficient (Wildman–Crippen LogP) is 2.56. The Morgan fingerprint density at radius 1 is 1.33 bits per heavy atom. The monoisotopic (exact) mass is 286 g/mol. The number of aromatic carboxylic acids is 1. The van der Waals surface area contributed by atoms with Gasteiger partial charge in [-0.1, -0.05) is 6.07 Å². The first kappa shape index (κ1) is 14.3. The second-order valence-electron chi connectivity index (χ2n) is 4.27. The van der Waals surface area contributed by atoms with Crippen molar-refractivity contribution in [3.63, 3.8) is 0 Å². The number of anilines is 1. The van der Waals surface area contributed by atoms with Crippen LogP contribution >= 0.6 is 0 Å². The maximum absolute atomic E-state index is 13.2. The molecule has 0 saturated heterocycles. The first-order valence-corrected chi connectivity index (χ1v) is 5.95. The molecule has 0 unspecified atom stereocenters. The van der Waals surface area contributed by atoms with Gasteiger partial charge in [0.2, 0.25) is 0 Å². The molecule has 0 bridgehead atoms. The number of halogens is 1. The van der Waals surface area contributed by atoms with Gasteiger partial charge < -0.3 is 15.6 Å². The van der Waals surface area contributed by atoms with Crippen LogP contribution < -0.4 is 10.5 Å². The van der Waals surface area contributed by atoms with Gasteiger partial charge in [0.25, 0.3) is 0 Å². The molecule has 0 atom stereocenters. The van der Waals surface area contributed by atoms with Crippen LogP contribution in [0.3, 0.4) is 0 Å². The summed E-state index contributed by atoms with van der Waals surface area (Å²) in [5, 5.41) is 17.6. The van der Waals surface area contributed by atoms with Crippen molar-refractivity contribution >= 4 is 11.7 Å². The fourth-order valence-electron chi connectivity index (χ4n) is 1.74. The number of carboxylic acids is 1. The molecule has 0 aliphatic rings. The molecule has 0 aromatic heterocycles. The Kier molecular flexibility index (Phi) is 4.05. The molecule has 0 spiro atoms. The molecule has 2 aromatic rings. The summed E-state index contributed by atoms with van der Waals surface area (Å²) in [5.74, 6) is -1.31. The highest BCUT2D eigenvalue weighted by Crippen LogP contribution is 2.21. The van der Waals surface area contributed by atoms with Gasteiger partial charge in [0.05, 0.1) is 11.1 Å². The van der Waals surface area contributed by atoms with Gasteiger partial charge in [0, 0.05) is 11.8 Å². The van der Waals surface area contributed by atoms with Crippen molar-refractivity contribution in [3.05, 3.63) is 58.9 Å². The van der Waals surface area contributed by atoms with Gasteiger partial charge >= 0.3 is 5.97 Å². The predicted molar refractivity (Wildman–Crippen MR) is 73.3 cm³/mol. The Bertz CT molecular complexity index is 738. The highest BCUT2D eigenvalue weighted by molar-refractivity contribution is 5.93. The van der Waals surface area contributed by atoms with E-state index in [1.807, 2.05) is 0 Å². The highest BCUT2D eigenvalue weighted by atomic mass is 19.1. The van der Waals surface area contributed by atoms with Gasteiger partial charge in [-0.25, -0.2) is 9.18 Å². The standard InChI is InChI=1S/C15H11FN2O3/c16-13-4-1-9(5-10(13)7-17)8-21-11-2-3-12(15(19)20)14(18)6-11/h1-6H,8,18H2,(H,19,20). The molecule has 0 fully saturated rings. The number of hydrogen-bond donors (Lipinski definition) is 2. The van der Waals surface area contributed by atoms with Crippen LogP contribution in [0.25, 0.3) is 0 Å². The maximum Gasteiger partial charge on any atom is 0.337 e. The first-order chi connectivity index (χ1) is 10.0. The molecule has 0 aliphatic carbocycles. The van der Waals surface area contributed by atoms with Crippen LogP contribution in [-0.2, 0) is 6.61 Å². The molecule has 0 saturated carbocycles. The van der Waals surface area contributed by atoms with Gasteiger partial charge in [-0.05, 0) is 29.8 Å². The Morgan fingerprint density at radius 3 is 2.71 bits per heavy atom. The van der Waals surface area contributed by atoms with E-state index >= 15 is 0 Å². The third kappa shape index (κ3) is 3.28. The van der Waals surface area contributed by atoms with E-state index < -0.39 is 11.8 Å². The van der Waals surface area contributed by atoms with E-state index in [-0.39, 0.29) is 23.4 Å². The number of benzene rings is 2. The number of carboxylic acid groups (broad SMARTS) is 1. The van der Waals surface area contributed by atoms with Crippen molar-refractivity contribution in [2.75, 3.05) is 5.73 Å². The van der Waals surface area contributed by atoms with E-state index in [1.165, 1.54) is 36.4 Å². The van der Waals surface area contributed by atoms with Gasteiger partial charge in [-0.3, -0.25) is 0 Å². The number of nitrogen functional groups attached to an aromatic ring is 1. The number of nitriles is 1. The van der Waals surface area contributed by atoms with E-state index in [0.29, 0.717) is 11.3 Å². The molecule has 0 radical (unpaired) electrons. The SMILES string of the molecule is N#Cc1cc(COc2ccc(C(=O)O)c(N)c2)ccc1F. The summed E-state index contributed by atoms with van der Waals surface area (Å²) >= 11 is 0. The van der Waals surface area contributed by atoms with Gasteiger partial charge in [-0.2, -0.15) is 5.26 Å². The maximum atomic E-state index is 13.2. The summed E-state index contributed by atoms with van der Waals surface area (Å²) in [4.78, 5) is 10.8. The lowest BCUT2D eigenvalue weighted by Gasteiger charge is -2.08. The average Bonchev–Trinajstić information content (AvgIpc) is 2.46. The van der Waals surface area contributed by atoms with Crippen LogP contribution in [0, 0.1) is 17.1 Å². The largest absolute Gasteiger partial charge is 0.489 e. The van der Waals surface area contributed by atoms with Crippen LogP contribution in [0.5, 0.6) is 5.75 Å². The van der Waals surface area contributed by atoms with Crippen LogP contribution in [0.2, 0.25) is 0 Å². The van der Waals surface area contributed by atoms with Gasteiger partial charge in [0.1, 0.15) is 24.2 Å². The molecular weight excluding hydrogens is 275 g/mol. The number of nitrogens with two attached hydrogens (primary N) is 1. The second-order valence-corrected chi connectivity index (χ2v) is 4.27. The van der Waals surface area contributed by atoms with Crippen molar-refractivity contribution in [2.24, 2.45) is 0 Å². The summed E-state index contributed by atoms with van der Waals surface area (Å²) in [5.41, 5.74) is 6.25. The summed E-state index contributed by atoms with van der Waals surface area (Å²) in [6.45, 7) is 0.112. The molecule has 6 heteroatoms. The first-order valence-electron chi connectivity index (χ1n) is 5.95. The Balaban J connectivity index is 2.12. The van der Waals surface area contributed by atoms with E-state index in [1.54, 1.807) is 6.07 Å². The quantitative estimate of drug-likeness (QED) is 0.842. The zero-order valence-corrected chi connectivity index (χ0v) is 10.8. The molecule has 0 heterocycles. The van der Waals surface area contributed by atoms with Crippen molar-refractivity contribution in [1.82, 2.24) is 0 Å². The average molecular weight is 286 g/mol. The number of ether oxygens (including phenoxy) is 1. The minimum absolute atomic E-state index is 0.00380. The van der Waals surface area contributed by atoms with E-state index in [0.717, 1.165) is 0 Å². The topological polar surface area (TPSA) is 96.3 Å². The lowest BCUT2D eigenvalue weighted by Crippen LogP contribution is -2.03. The van der Waals surface area contributed by atoms with Crippen LogP contribution in [-0.4, -0.2) is 11.1 Å². The fraction of sp³-hybridized carbons (Fsp3) is 0.0667. The molecule has 5 nitrogen and oxygen atoms in total. The van der Waals surface area contributed by atoms with Gasteiger partial charge in [-0.15, -0.1) is 0 Å². The van der Waals surface area contributed by atoms with Crippen molar-refractivity contribution in [2.45, 2.75) is 6.61 Å². The van der Waals surface area contributed by atoms with Crippen molar-refractivity contribution < 1.29 is 19.0 Å². The molecule has 0 amide bonds. The number of nitrogens with zero attached hydrogens (tertiary/aromatic N) is 1. The highest BCUT2D eigenvalue weighted by Gasteiger charge is 2.09. The molecule has 2 aromatic carbocycles. The zero-order chi connectivity index (χ0) is 15.4. The van der Waals surface area contributed by atoms with E-state index in [9.17, 15) is 9.18 Å². The molecular formula is C15H11FN2O3. The molecule has 3 N–H and O–H groups in total. The zero-order valence-electron chi connectivity index (χ0n) is 10.8. The third-order valence-corrected chi connectivity index (χ3v) is 2.81. The van der Waals surface area contributed by atoms with E-state index in [2.05, 4.69) is 0 Å². The molecule has 106 valence electrons. The minimum atomic E-state index is -1.11. The van der Waals surface area contributed by atoms with Crippen LogP contribution in [0.15, 0.2) is 36.4 Å². The fourth-order valence-corrected chi connectivity index (χ4v) is 1.74. The van der Waals surface area contributed by atoms with Gasteiger partial charge in [0.15, 0.2) is 0 Å². The lowest BCUT2D eigenvalue weighted by atomic mass is 10.1. The lowest BCUT2D eigenvalue weighted by molar-refractivity contribution is 0.0698. The Hall–Kier alpha value is -3.07.